The minimum Gasteiger partial charge on any atom is -0.481 e. The molecule has 0 saturated carbocycles. The van der Waals surface area contributed by atoms with Gasteiger partial charge in [0.2, 0.25) is 0 Å². The van der Waals surface area contributed by atoms with Gasteiger partial charge < -0.3 is 14.5 Å². The normalized spacial score (nSPS) is 15.8. The maximum absolute atomic E-state index is 12.7. The largest absolute Gasteiger partial charge is 0.481 e. The minimum absolute atomic E-state index is 0.0404. The number of aromatic nitrogens is 1. The average Bonchev–Trinajstić information content (AvgIpc) is 2.68. The molecule has 1 aliphatic heterocycles. The van der Waals surface area contributed by atoms with Crippen LogP contribution in [0.5, 0.6) is 5.75 Å². The smallest absolute Gasteiger partial charge is 0.263 e. The summed E-state index contributed by atoms with van der Waals surface area (Å²) in [6.45, 7) is 9.10. The zero-order chi connectivity index (χ0) is 18.5. The van der Waals surface area contributed by atoms with Gasteiger partial charge in [-0.15, -0.1) is 0 Å². The van der Waals surface area contributed by atoms with E-state index in [0.29, 0.717) is 19.0 Å². The summed E-state index contributed by atoms with van der Waals surface area (Å²) in [5.41, 5.74) is 1.27. The molecule has 0 spiro atoms. The topological polar surface area (TPSA) is 45.7 Å². The number of benzene rings is 1. The number of hydrogen-bond donors (Lipinski definition) is 0. The first-order valence-electron chi connectivity index (χ1n) is 9.26. The van der Waals surface area contributed by atoms with Crippen molar-refractivity contribution in [2.75, 3.05) is 31.1 Å². The van der Waals surface area contributed by atoms with Crippen molar-refractivity contribution >= 4 is 11.7 Å². The monoisotopic (exact) mass is 353 g/mol. The van der Waals surface area contributed by atoms with Crippen molar-refractivity contribution in [2.24, 2.45) is 0 Å². The number of anilines is 1. The Balaban J connectivity index is 1.53. The van der Waals surface area contributed by atoms with Crippen molar-refractivity contribution in [3.05, 3.63) is 54.2 Å². The van der Waals surface area contributed by atoms with Crippen LogP contribution in [-0.4, -0.2) is 48.1 Å². The number of nitrogens with zero attached hydrogens (tertiary/aromatic N) is 3. The first-order chi connectivity index (χ1) is 12.5. The molecular formula is C21H27N3O2. The van der Waals surface area contributed by atoms with Gasteiger partial charge in [-0.1, -0.05) is 32.0 Å². The fourth-order valence-corrected chi connectivity index (χ4v) is 3.14. The molecule has 5 nitrogen and oxygen atoms in total. The van der Waals surface area contributed by atoms with E-state index in [4.69, 9.17) is 4.74 Å². The molecule has 26 heavy (non-hydrogen) atoms. The minimum atomic E-state index is -0.485. The predicted octanol–water partition coefficient (Wildman–Crippen LogP) is 3.32. The summed E-state index contributed by atoms with van der Waals surface area (Å²) in [6.07, 6.45) is 1.31. The summed E-state index contributed by atoms with van der Waals surface area (Å²) < 4.78 is 5.86. The number of ether oxygens (including phenoxy) is 1. The highest BCUT2D eigenvalue weighted by Gasteiger charge is 2.26. The standard InChI is InChI=1S/C21H27N3O2/c1-16(2)18-7-9-19(10-8-18)26-17(3)21(25)24-14-12-23(13-15-24)20-6-4-5-11-22-20/h4-11,16-17H,12-15H2,1-3H3/t17-/m0/s1. The van der Waals surface area contributed by atoms with Gasteiger partial charge in [-0.3, -0.25) is 4.79 Å². The van der Waals surface area contributed by atoms with Crippen LogP contribution in [0.3, 0.4) is 0 Å². The molecule has 1 atom stereocenters. The summed E-state index contributed by atoms with van der Waals surface area (Å²) in [7, 11) is 0. The molecule has 1 amide bonds. The van der Waals surface area contributed by atoms with Crippen LogP contribution in [0, 0.1) is 0 Å². The summed E-state index contributed by atoms with van der Waals surface area (Å²) >= 11 is 0. The molecule has 2 heterocycles. The van der Waals surface area contributed by atoms with E-state index < -0.39 is 6.10 Å². The van der Waals surface area contributed by atoms with Crippen molar-refractivity contribution in [1.29, 1.82) is 0 Å². The Morgan fingerprint density at radius 1 is 1.00 bits per heavy atom. The van der Waals surface area contributed by atoms with Gasteiger partial charge >= 0.3 is 0 Å². The quantitative estimate of drug-likeness (QED) is 0.827. The van der Waals surface area contributed by atoms with E-state index in [-0.39, 0.29) is 5.91 Å². The number of amides is 1. The van der Waals surface area contributed by atoms with Crippen LogP contribution < -0.4 is 9.64 Å². The molecule has 5 heteroatoms. The van der Waals surface area contributed by atoms with Crippen molar-refractivity contribution in [2.45, 2.75) is 32.8 Å². The molecule has 1 fully saturated rings. The van der Waals surface area contributed by atoms with Crippen molar-refractivity contribution in [1.82, 2.24) is 9.88 Å². The highest BCUT2D eigenvalue weighted by atomic mass is 16.5. The molecule has 138 valence electrons. The molecule has 0 aliphatic carbocycles. The number of carbonyl (C=O) groups excluding carboxylic acids is 1. The Kier molecular flexibility index (Phi) is 5.76. The Bertz CT molecular complexity index is 708. The Labute approximate surface area is 155 Å². The van der Waals surface area contributed by atoms with Crippen LogP contribution in [0.1, 0.15) is 32.3 Å². The maximum atomic E-state index is 12.7. The summed E-state index contributed by atoms with van der Waals surface area (Å²) in [5, 5.41) is 0. The third kappa shape index (κ3) is 4.34. The zero-order valence-electron chi connectivity index (χ0n) is 15.8. The second-order valence-corrected chi connectivity index (χ2v) is 6.98. The maximum Gasteiger partial charge on any atom is 0.263 e. The lowest BCUT2D eigenvalue weighted by Crippen LogP contribution is -2.52. The van der Waals surface area contributed by atoms with E-state index in [1.54, 1.807) is 6.20 Å². The molecule has 1 saturated heterocycles. The lowest BCUT2D eigenvalue weighted by Gasteiger charge is -2.36. The van der Waals surface area contributed by atoms with Gasteiger partial charge in [0.25, 0.3) is 5.91 Å². The van der Waals surface area contributed by atoms with Crippen LogP contribution in [0.15, 0.2) is 48.7 Å². The molecule has 2 aromatic rings. The Morgan fingerprint density at radius 2 is 1.69 bits per heavy atom. The van der Waals surface area contributed by atoms with E-state index in [1.807, 2.05) is 42.2 Å². The molecule has 1 aliphatic rings. The summed E-state index contributed by atoms with van der Waals surface area (Å²) in [4.78, 5) is 21.2. The van der Waals surface area contributed by atoms with Gasteiger partial charge in [-0.25, -0.2) is 4.98 Å². The predicted molar refractivity (Wildman–Crippen MR) is 104 cm³/mol. The van der Waals surface area contributed by atoms with Gasteiger partial charge in [0.15, 0.2) is 6.10 Å². The fourth-order valence-electron chi connectivity index (χ4n) is 3.14. The summed E-state index contributed by atoms with van der Waals surface area (Å²) in [5.74, 6) is 2.23. The van der Waals surface area contributed by atoms with Crippen LogP contribution in [0.25, 0.3) is 0 Å². The van der Waals surface area contributed by atoms with Gasteiger partial charge in [-0.05, 0) is 42.7 Å². The molecule has 3 rings (SSSR count). The molecule has 1 aromatic heterocycles. The number of pyridine rings is 1. The average molecular weight is 353 g/mol. The van der Waals surface area contributed by atoms with E-state index in [9.17, 15) is 4.79 Å². The van der Waals surface area contributed by atoms with Crippen molar-refractivity contribution in [3.8, 4) is 5.75 Å². The lowest BCUT2D eigenvalue weighted by molar-refractivity contribution is -0.138. The van der Waals surface area contributed by atoms with Crippen LogP contribution in [0.2, 0.25) is 0 Å². The van der Waals surface area contributed by atoms with Crippen LogP contribution in [0.4, 0.5) is 5.82 Å². The Hall–Kier alpha value is -2.56. The van der Waals surface area contributed by atoms with Crippen LogP contribution >= 0.6 is 0 Å². The first-order valence-corrected chi connectivity index (χ1v) is 9.26. The molecule has 1 aromatic carbocycles. The van der Waals surface area contributed by atoms with Gasteiger partial charge in [0.05, 0.1) is 0 Å². The van der Waals surface area contributed by atoms with Gasteiger partial charge in [0, 0.05) is 32.4 Å². The van der Waals surface area contributed by atoms with E-state index in [2.05, 4.69) is 35.9 Å². The number of hydrogen-bond acceptors (Lipinski definition) is 4. The first kappa shape index (κ1) is 18.2. The number of piperazine rings is 1. The van der Waals surface area contributed by atoms with Crippen molar-refractivity contribution < 1.29 is 9.53 Å². The third-order valence-electron chi connectivity index (χ3n) is 4.77. The van der Waals surface area contributed by atoms with Gasteiger partial charge in [-0.2, -0.15) is 0 Å². The second-order valence-electron chi connectivity index (χ2n) is 6.98. The molecule has 0 N–H and O–H groups in total. The number of carbonyl (C=O) groups is 1. The second kappa shape index (κ2) is 8.21. The zero-order valence-corrected chi connectivity index (χ0v) is 15.8. The highest BCUT2D eigenvalue weighted by Crippen LogP contribution is 2.20. The van der Waals surface area contributed by atoms with E-state index in [1.165, 1.54) is 5.56 Å². The Morgan fingerprint density at radius 3 is 2.27 bits per heavy atom. The molecule has 0 bridgehead atoms. The molecular weight excluding hydrogens is 326 g/mol. The summed E-state index contributed by atoms with van der Waals surface area (Å²) in [6, 6.07) is 13.9. The van der Waals surface area contributed by atoms with Gasteiger partial charge in [0.1, 0.15) is 11.6 Å². The number of rotatable bonds is 5. The lowest BCUT2D eigenvalue weighted by atomic mass is 10.0. The van der Waals surface area contributed by atoms with Crippen molar-refractivity contribution in [3.63, 3.8) is 0 Å². The van der Waals surface area contributed by atoms with E-state index in [0.717, 1.165) is 24.7 Å². The van der Waals surface area contributed by atoms with E-state index >= 15 is 0 Å². The SMILES string of the molecule is CC(C)c1ccc(O[C@@H](C)C(=O)N2CCN(c3ccccn3)CC2)cc1. The van der Waals surface area contributed by atoms with Crippen LogP contribution in [-0.2, 0) is 4.79 Å². The highest BCUT2D eigenvalue weighted by molar-refractivity contribution is 5.81. The molecule has 0 unspecified atom stereocenters. The third-order valence-corrected chi connectivity index (χ3v) is 4.77. The molecule has 0 radical (unpaired) electrons. The fraction of sp³-hybridized carbons (Fsp3) is 0.429.